The van der Waals surface area contributed by atoms with Crippen LogP contribution in [0.25, 0.3) is 0 Å². The zero-order valence-corrected chi connectivity index (χ0v) is 18.6. The van der Waals surface area contributed by atoms with Crippen molar-refractivity contribution in [3.8, 4) is 0 Å². The Morgan fingerprint density at radius 1 is 1.03 bits per heavy atom. The van der Waals surface area contributed by atoms with E-state index in [2.05, 4.69) is 15.6 Å². The Labute approximate surface area is 198 Å². The Hall–Kier alpha value is -3.70. The number of nitrogens with one attached hydrogen (secondary N) is 2. The molecule has 2 aliphatic heterocycles. The van der Waals surface area contributed by atoms with E-state index in [1.54, 1.807) is 6.07 Å². The van der Waals surface area contributed by atoms with Crippen LogP contribution in [-0.2, 0) is 15.8 Å². The number of piperidine rings is 2. The highest BCUT2D eigenvalue weighted by Gasteiger charge is 2.33. The van der Waals surface area contributed by atoms with Crippen LogP contribution in [-0.4, -0.2) is 42.0 Å². The maximum atomic E-state index is 15.0. The van der Waals surface area contributed by atoms with E-state index >= 15 is 0 Å². The van der Waals surface area contributed by atoms with Crippen LogP contribution in [0.4, 0.5) is 39.5 Å². The number of rotatable bonds is 4. The number of anilines is 3. The van der Waals surface area contributed by atoms with Crippen molar-refractivity contribution in [2.45, 2.75) is 44.3 Å². The van der Waals surface area contributed by atoms with Crippen molar-refractivity contribution < 1.29 is 31.9 Å². The minimum atomic E-state index is -4.55. The first-order valence-electron chi connectivity index (χ1n) is 11.2. The molecule has 1 atom stereocenters. The van der Waals surface area contributed by atoms with Gasteiger partial charge in [0, 0.05) is 31.4 Å². The van der Waals surface area contributed by atoms with Gasteiger partial charge in [0.25, 0.3) is 0 Å². The number of alkyl halides is 3. The zero-order valence-electron chi connectivity index (χ0n) is 18.6. The molecule has 0 aliphatic carbocycles. The highest BCUT2D eigenvalue weighted by atomic mass is 19.4. The van der Waals surface area contributed by atoms with Gasteiger partial charge in [-0.05, 0) is 56.0 Å². The quantitative estimate of drug-likeness (QED) is 0.628. The summed E-state index contributed by atoms with van der Waals surface area (Å²) in [5.41, 5.74) is -0.489. The molecule has 1 aromatic heterocycles. The Morgan fingerprint density at radius 3 is 2.46 bits per heavy atom. The maximum Gasteiger partial charge on any atom is 0.417 e. The number of aromatic nitrogens is 1. The normalized spacial score (nSPS) is 19.0. The fourth-order valence-corrected chi connectivity index (χ4v) is 4.16. The van der Waals surface area contributed by atoms with E-state index in [0.29, 0.717) is 37.7 Å². The van der Waals surface area contributed by atoms with Crippen LogP contribution in [0.2, 0.25) is 0 Å². The van der Waals surface area contributed by atoms with Crippen LogP contribution >= 0.6 is 0 Å². The van der Waals surface area contributed by atoms with Gasteiger partial charge in [0.2, 0.25) is 11.8 Å². The lowest BCUT2D eigenvalue weighted by atomic mass is 10.0. The summed E-state index contributed by atoms with van der Waals surface area (Å²) in [5, 5.41) is 4.76. The average molecular weight is 493 g/mol. The smallest absolute Gasteiger partial charge is 0.326 e. The van der Waals surface area contributed by atoms with Gasteiger partial charge >= 0.3 is 12.2 Å². The van der Waals surface area contributed by atoms with E-state index in [4.69, 9.17) is 0 Å². The molecular formula is C23H23F4N5O3. The molecule has 0 bridgehead atoms. The van der Waals surface area contributed by atoms with Crippen molar-refractivity contribution in [3.63, 3.8) is 0 Å². The van der Waals surface area contributed by atoms with E-state index < -0.39 is 35.5 Å². The summed E-state index contributed by atoms with van der Waals surface area (Å²) in [6.45, 7) is 0.757. The van der Waals surface area contributed by atoms with Crippen LogP contribution < -0.4 is 20.4 Å². The summed E-state index contributed by atoms with van der Waals surface area (Å²) >= 11 is 0. The van der Waals surface area contributed by atoms with Gasteiger partial charge in [-0.3, -0.25) is 14.9 Å². The Bertz CT molecular complexity index is 1120. The predicted molar refractivity (Wildman–Crippen MR) is 119 cm³/mol. The maximum absolute atomic E-state index is 15.0. The third kappa shape index (κ3) is 5.52. The van der Waals surface area contributed by atoms with E-state index in [-0.39, 0.29) is 24.0 Å². The first kappa shape index (κ1) is 24.4. The van der Waals surface area contributed by atoms with Crippen molar-refractivity contribution >= 4 is 35.0 Å². The number of carbonyl (C=O) groups excluding carboxylic acids is 3. The second-order valence-electron chi connectivity index (χ2n) is 8.35. The van der Waals surface area contributed by atoms with Gasteiger partial charge in [-0.1, -0.05) is 0 Å². The lowest BCUT2D eigenvalue weighted by Crippen LogP contribution is -2.53. The monoisotopic (exact) mass is 493 g/mol. The lowest BCUT2D eigenvalue weighted by molar-refractivity contribution is -0.137. The van der Waals surface area contributed by atoms with Gasteiger partial charge in [0.05, 0.1) is 11.3 Å². The summed E-state index contributed by atoms with van der Waals surface area (Å²) in [6, 6.07) is 4.26. The van der Waals surface area contributed by atoms with E-state index in [1.165, 1.54) is 21.9 Å². The van der Waals surface area contributed by atoms with Gasteiger partial charge in [-0.25, -0.2) is 14.2 Å². The van der Waals surface area contributed by atoms with E-state index in [9.17, 15) is 31.9 Å². The van der Waals surface area contributed by atoms with Gasteiger partial charge < -0.3 is 15.1 Å². The van der Waals surface area contributed by atoms with E-state index in [0.717, 1.165) is 25.0 Å². The summed E-state index contributed by atoms with van der Waals surface area (Å²) in [5.74, 6) is -1.37. The molecular weight excluding hydrogens is 470 g/mol. The largest absolute Gasteiger partial charge is 0.417 e. The molecule has 8 nitrogen and oxygen atoms in total. The third-order valence-corrected chi connectivity index (χ3v) is 5.93. The molecule has 1 aromatic carbocycles. The number of hydrogen-bond acceptors (Lipinski definition) is 4. The summed E-state index contributed by atoms with van der Waals surface area (Å²) in [4.78, 5) is 43.7. The Morgan fingerprint density at radius 2 is 1.80 bits per heavy atom. The van der Waals surface area contributed by atoms with Gasteiger partial charge in [0.1, 0.15) is 17.7 Å². The second-order valence-corrected chi connectivity index (χ2v) is 8.35. The molecule has 4 rings (SSSR count). The summed E-state index contributed by atoms with van der Waals surface area (Å²) < 4.78 is 52.9. The second kappa shape index (κ2) is 9.88. The summed E-state index contributed by atoms with van der Waals surface area (Å²) in [7, 11) is 0. The molecule has 35 heavy (non-hydrogen) atoms. The topological polar surface area (TPSA) is 94.6 Å². The van der Waals surface area contributed by atoms with Crippen molar-refractivity contribution in [2.75, 3.05) is 28.2 Å². The Balaban J connectivity index is 1.41. The minimum absolute atomic E-state index is 0.0412. The fourth-order valence-electron chi connectivity index (χ4n) is 4.16. The number of nitrogens with zero attached hydrogens (tertiary/aromatic N) is 3. The molecule has 0 saturated carbocycles. The number of amides is 4. The molecule has 2 fully saturated rings. The molecule has 2 aromatic rings. The van der Waals surface area contributed by atoms with Crippen LogP contribution in [0.1, 0.15) is 37.7 Å². The third-order valence-electron chi connectivity index (χ3n) is 5.93. The van der Waals surface area contributed by atoms with Crippen molar-refractivity contribution in [2.24, 2.45) is 0 Å². The number of benzene rings is 1. The predicted octanol–water partition coefficient (Wildman–Crippen LogP) is 4.07. The van der Waals surface area contributed by atoms with Crippen molar-refractivity contribution in [3.05, 3.63) is 47.9 Å². The average Bonchev–Trinajstić information content (AvgIpc) is 2.81. The standard InChI is InChI=1S/C23H23F4N5O3/c24-16-12-15(31-10-2-1-5-20(31)33)7-8-18(16)32-11-3-4-17(21(32)34)29-22(35)30-19-9-6-14(13-28-19)23(25,26)27/h6-9,12-13,17H,1-5,10-11H2,(H2,28,29,30,35)/t17-/m1/s1. The summed E-state index contributed by atoms with van der Waals surface area (Å²) in [6.07, 6.45) is -1.13. The molecule has 2 aliphatic rings. The molecule has 3 heterocycles. The number of halogens is 4. The molecule has 0 spiro atoms. The molecule has 4 amide bonds. The zero-order chi connectivity index (χ0) is 25.2. The van der Waals surface area contributed by atoms with E-state index in [1.807, 2.05) is 0 Å². The van der Waals surface area contributed by atoms with Gasteiger partial charge in [-0.2, -0.15) is 13.2 Å². The number of carbonyl (C=O) groups is 3. The first-order valence-corrected chi connectivity index (χ1v) is 11.2. The van der Waals surface area contributed by atoms with Crippen LogP contribution in [0.3, 0.4) is 0 Å². The molecule has 2 saturated heterocycles. The molecule has 0 unspecified atom stereocenters. The number of hydrogen-bond donors (Lipinski definition) is 2. The molecule has 0 radical (unpaired) electrons. The first-order chi connectivity index (χ1) is 16.6. The van der Waals surface area contributed by atoms with Crippen LogP contribution in [0.5, 0.6) is 0 Å². The SMILES string of the molecule is O=C(Nc1ccc(C(F)(F)F)cn1)N[C@@H]1CCCN(c2ccc(N3CCCCC3=O)cc2F)C1=O. The highest BCUT2D eigenvalue weighted by molar-refractivity contribution is 6.01. The number of urea groups is 1. The van der Waals surface area contributed by atoms with Crippen LogP contribution in [0, 0.1) is 5.82 Å². The molecule has 12 heteroatoms. The molecule has 186 valence electrons. The minimum Gasteiger partial charge on any atom is -0.326 e. The van der Waals surface area contributed by atoms with Crippen molar-refractivity contribution in [1.29, 1.82) is 0 Å². The van der Waals surface area contributed by atoms with Gasteiger partial charge in [0.15, 0.2) is 0 Å². The highest BCUT2D eigenvalue weighted by Crippen LogP contribution is 2.30. The fraction of sp³-hybridized carbons (Fsp3) is 0.391. The lowest BCUT2D eigenvalue weighted by Gasteiger charge is -2.33. The van der Waals surface area contributed by atoms with Gasteiger partial charge in [-0.15, -0.1) is 0 Å². The van der Waals surface area contributed by atoms with Crippen LogP contribution in [0.15, 0.2) is 36.5 Å². The molecule has 2 N–H and O–H groups in total. The Kier molecular flexibility index (Phi) is 6.90. The van der Waals surface area contributed by atoms with Crippen molar-refractivity contribution in [1.82, 2.24) is 10.3 Å². The number of pyridine rings is 1.